The molecule has 25 heavy (non-hydrogen) atoms. The van der Waals surface area contributed by atoms with Crippen LogP contribution in [-0.2, 0) is 9.84 Å². The van der Waals surface area contributed by atoms with Gasteiger partial charge in [-0.3, -0.25) is 4.79 Å². The lowest BCUT2D eigenvalue weighted by molar-refractivity contribution is 0.0927. The van der Waals surface area contributed by atoms with E-state index in [1.807, 2.05) is 6.92 Å². The van der Waals surface area contributed by atoms with E-state index < -0.39 is 9.84 Å². The molecule has 0 spiro atoms. The summed E-state index contributed by atoms with van der Waals surface area (Å²) in [6.45, 7) is 1.90. The molecule has 2 aromatic rings. The summed E-state index contributed by atoms with van der Waals surface area (Å²) in [6.07, 6.45) is 6.82. The molecule has 1 fully saturated rings. The van der Waals surface area contributed by atoms with Crippen LogP contribution < -0.4 is 5.32 Å². The summed E-state index contributed by atoms with van der Waals surface area (Å²) in [5, 5.41) is 2.95. The van der Waals surface area contributed by atoms with Gasteiger partial charge in [0.1, 0.15) is 0 Å². The van der Waals surface area contributed by atoms with Crippen molar-refractivity contribution >= 4 is 15.7 Å². The van der Waals surface area contributed by atoms with E-state index in [9.17, 15) is 13.2 Å². The van der Waals surface area contributed by atoms with Crippen LogP contribution in [0, 0.1) is 6.92 Å². The Kier molecular flexibility index (Phi) is 5.18. The number of nitrogens with zero attached hydrogens (tertiary/aromatic N) is 1. The van der Waals surface area contributed by atoms with Gasteiger partial charge in [0.2, 0.25) is 9.84 Å². The Balaban J connectivity index is 1.75. The molecular weight excluding hydrogens is 336 g/mol. The zero-order chi connectivity index (χ0) is 17.9. The first-order valence-electron chi connectivity index (χ1n) is 8.55. The third-order valence-electron chi connectivity index (χ3n) is 4.55. The quantitative estimate of drug-likeness (QED) is 0.910. The third-order valence-corrected chi connectivity index (χ3v) is 6.23. The van der Waals surface area contributed by atoms with Crippen molar-refractivity contribution in [1.29, 1.82) is 0 Å². The maximum Gasteiger partial charge on any atom is 0.253 e. The number of rotatable bonds is 4. The number of hydrogen-bond acceptors (Lipinski definition) is 4. The maximum absolute atomic E-state index is 12.6. The van der Waals surface area contributed by atoms with Crippen molar-refractivity contribution in [2.24, 2.45) is 0 Å². The number of carbonyl (C=O) groups excluding carboxylic acids is 1. The molecule has 3 rings (SSSR count). The topological polar surface area (TPSA) is 76.1 Å². The molecule has 1 amide bonds. The van der Waals surface area contributed by atoms with Crippen LogP contribution >= 0.6 is 0 Å². The van der Waals surface area contributed by atoms with Crippen molar-refractivity contribution in [3.05, 3.63) is 53.7 Å². The number of nitrogens with one attached hydrogen (secondary N) is 1. The second kappa shape index (κ2) is 7.35. The Morgan fingerprint density at radius 3 is 2.32 bits per heavy atom. The van der Waals surface area contributed by atoms with Gasteiger partial charge in [-0.2, -0.15) is 0 Å². The summed E-state index contributed by atoms with van der Waals surface area (Å²) in [5.41, 5.74) is 1.37. The largest absolute Gasteiger partial charge is 0.349 e. The first kappa shape index (κ1) is 17.6. The molecule has 1 aromatic heterocycles. The molecule has 1 aliphatic rings. The summed E-state index contributed by atoms with van der Waals surface area (Å²) in [4.78, 5) is 16.5. The fourth-order valence-electron chi connectivity index (χ4n) is 3.03. The van der Waals surface area contributed by atoms with Gasteiger partial charge in [0.05, 0.1) is 10.5 Å². The second-order valence-corrected chi connectivity index (χ2v) is 8.41. The van der Waals surface area contributed by atoms with E-state index in [0.717, 1.165) is 31.2 Å². The minimum atomic E-state index is -3.67. The molecule has 6 heteroatoms. The summed E-state index contributed by atoms with van der Waals surface area (Å²) in [6, 6.07) is 9.75. The first-order chi connectivity index (χ1) is 12.0. The van der Waals surface area contributed by atoms with Crippen LogP contribution in [0.3, 0.4) is 0 Å². The number of aryl methyl sites for hydroxylation is 1. The molecule has 0 saturated heterocycles. The van der Waals surface area contributed by atoms with Crippen molar-refractivity contribution in [3.8, 4) is 0 Å². The predicted octanol–water partition coefficient (Wildman–Crippen LogP) is 3.29. The average Bonchev–Trinajstić information content (AvgIpc) is 2.63. The van der Waals surface area contributed by atoms with E-state index in [-0.39, 0.29) is 21.9 Å². The number of pyridine rings is 1. The van der Waals surface area contributed by atoms with E-state index in [1.165, 1.54) is 24.8 Å². The predicted molar refractivity (Wildman–Crippen MR) is 95.2 cm³/mol. The molecule has 1 saturated carbocycles. The van der Waals surface area contributed by atoms with Crippen LogP contribution in [0.1, 0.15) is 48.0 Å². The highest BCUT2D eigenvalue weighted by molar-refractivity contribution is 7.91. The lowest BCUT2D eigenvalue weighted by atomic mass is 9.95. The normalized spacial score (nSPS) is 15.7. The van der Waals surface area contributed by atoms with Gasteiger partial charge < -0.3 is 5.32 Å². The molecule has 0 radical (unpaired) electrons. The minimum absolute atomic E-state index is 0.0504. The molecular formula is C19H22N2O3S. The molecule has 0 unspecified atom stereocenters. The van der Waals surface area contributed by atoms with Gasteiger partial charge in [-0.15, -0.1) is 0 Å². The minimum Gasteiger partial charge on any atom is -0.349 e. The zero-order valence-electron chi connectivity index (χ0n) is 14.2. The first-order valence-corrected chi connectivity index (χ1v) is 10.0. The second-order valence-electron chi connectivity index (χ2n) is 6.51. The van der Waals surface area contributed by atoms with Gasteiger partial charge in [-0.25, -0.2) is 13.4 Å². The Bertz CT molecular complexity index is 837. The molecule has 0 bridgehead atoms. The van der Waals surface area contributed by atoms with Crippen molar-refractivity contribution in [2.75, 3.05) is 0 Å². The van der Waals surface area contributed by atoms with E-state index in [1.54, 1.807) is 24.3 Å². The number of amides is 1. The number of aromatic nitrogens is 1. The molecule has 0 aliphatic heterocycles. The smallest absolute Gasteiger partial charge is 0.253 e. The SMILES string of the molecule is Cc1ccc(S(=O)(=O)c2ccc(C(=O)NC3CCCCC3)cn2)cc1. The van der Waals surface area contributed by atoms with Crippen molar-refractivity contribution in [2.45, 2.75) is 55.0 Å². The van der Waals surface area contributed by atoms with Crippen LogP contribution in [-0.4, -0.2) is 25.4 Å². The fourth-order valence-corrected chi connectivity index (χ4v) is 4.20. The van der Waals surface area contributed by atoms with Gasteiger partial charge in [0, 0.05) is 12.2 Å². The highest BCUT2D eigenvalue weighted by Crippen LogP contribution is 2.20. The lowest BCUT2D eigenvalue weighted by Gasteiger charge is -2.22. The molecule has 0 atom stereocenters. The van der Waals surface area contributed by atoms with Crippen LogP contribution in [0.4, 0.5) is 0 Å². The van der Waals surface area contributed by atoms with E-state index in [2.05, 4.69) is 10.3 Å². The summed E-state index contributed by atoms with van der Waals surface area (Å²) in [7, 11) is -3.67. The van der Waals surface area contributed by atoms with Crippen LogP contribution in [0.2, 0.25) is 0 Å². The van der Waals surface area contributed by atoms with E-state index in [0.29, 0.717) is 5.56 Å². The standard InChI is InChI=1S/C19H22N2O3S/c1-14-7-10-17(11-8-14)25(23,24)18-12-9-15(13-20-18)19(22)21-16-5-3-2-4-6-16/h7-13,16H,2-6H2,1H3,(H,21,22). The highest BCUT2D eigenvalue weighted by Gasteiger charge is 2.21. The summed E-state index contributed by atoms with van der Waals surface area (Å²) in [5.74, 6) is -0.196. The lowest BCUT2D eigenvalue weighted by Crippen LogP contribution is -2.36. The van der Waals surface area contributed by atoms with Crippen molar-refractivity contribution in [3.63, 3.8) is 0 Å². The number of hydrogen-bond donors (Lipinski definition) is 1. The fraction of sp³-hybridized carbons (Fsp3) is 0.368. The van der Waals surface area contributed by atoms with Crippen LogP contribution in [0.5, 0.6) is 0 Å². The van der Waals surface area contributed by atoms with Gasteiger partial charge in [-0.05, 0) is 44.0 Å². The number of sulfone groups is 1. The zero-order valence-corrected chi connectivity index (χ0v) is 15.1. The highest BCUT2D eigenvalue weighted by atomic mass is 32.2. The summed E-state index contributed by atoms with van der Waals surface area (Å²) < 4.78 is 25.2. The van der Waals surface area contributed by atoms with Gasteiger partial charge in [0.15, 0.2) is 5.03 Å². The Morgan fingerprint density at radius 2 is 1.72 bits per heavy atom. The Hall–Kier alpha value is -2.21. The summed E-state index contributed by atoms with van der Waals surface area (Å²) >= 11 is 0. The van der Waals surface area contributed by atoms with Crippen LogP contribution in [0.15, 0.2) is 52.5 Å². The molecule has 1 N–H and O–H groups in total. The molecule has 1 aliphatic carbocycles. The Labute approximate surface area is 148 Å². The maximum atomic E-state index is 12.6. The Morgan fingerprint density at radius 1 is 1.04 bits per heavy atom. The van der Waals surface area contributed by atoms with E-state index >= 15 is 0 Å². The average molecular weight is 358 g/mol. The van der Waals surface area contributed by atoms with Gasteiger partial charge in [0.25, 0.3) is 5.91 Å². The van der Waals surface area contributed by atoms with Gasteiger partial charge >= 0.3 is 0 Å². The van der Waals surface area contributed by atoms with Crippen molar-refractivity contribution < 1.29 is 13.2 Å². The number of benzene rings is 1. The molecule has 1 aromatic carbocycles. The monoisotopic (exact) mass is 358 g/mol. The molecule has 5 nitrogen and oxygen atoms in total. The number of carbonyl (C=O) groups is 1. The van der Waals surface area contributed by atoms with Gasteiger partial charge in [-0.1, -0.05) is 37.0 Å². The third kappa shape index (κ3) is 4.07. The van der Waals surface area contributed by atoms with Crippen molar-refractivity contribution in [1.82, 2.24) is 10.3 Å². The molecule has 1 heterocycles. The molecule has 132 valence electrons. The van der Waals surface area contributed by atoms with Crippen LogP contribution in [0.25, 0.3) is 0 Å². The van der Waals surface area contributed by atoms with E-state index in [4.69, 9.17) is 0 Å².